The molecule has 0 atom stereocenters. The maximum Gasteiger partial charge on any atom is 0.224 e. The van der Waals surface area contributed by atoms with Crippen molar-refractivity contribution in [3.63, 3.8) is 0 Å². The van der Waals surface area contributed by atoms with Crippen LogP contribution in [0.3, 0.4) is 0 Å². The molecule has 1 amide bonds. The fourth-order valence-electron chi connectivity index (χ4n) is 5.55. The van der Waals surface area contributed by atoms with E-state index in [1.165, 1.54) is 62.7 Å². The van der Waals surface area contributed by atoms with Crippen LogP contribution < -0.4 is 0 Å². The molecule has 2 saturated heterocycles. The van der Waals surface area contributed by atoms with E-state index in [0.717, 1.165) is 45.6 Å². The van der Waals surface area contributed by atoms with Gasteiger partial charge in [-0.2, -0.15) is 5.06 Å². The summed E-state index contributed by atoms with van der Waals surface area (Å²) in [6.07, 6.45) is 10.2. The lowest BCUT2D eigenvalue weighted by Crippen LogP contribution is -2.45. The number of piperidine rings is 1. The third-order valence-corrected chi connectivity index (χ3v) is 7.61. The Bertz CT molecular complexity index is 690. The summed E-state index contributed by atoms with van der Waals surface area (Å²) >= 11 is 0. The van der Waals surface area contributed by atoms with Gasteiger partial charge in [0, 0.05) is 38.6 Å². The minimum atomic E-state index is 0.351. The predicted molar refractivity (Wildman–Crippen MR) is 125 cm³/mol. The molecule has 0 N–H and O–H groups in total. The molecule has 2 aliphatic heterocycles. The second-order valence-electron chi connectivity index (χ2n) is 9.81. The van der Waals surface area contributed by atoms with Crippen LogP contribution in [-0.4, -0.2) is 72.7 Å². The summed E-state index contributed by atoms with van der Waals surface area (Å²) < 4.78 is 0. The zero-order chi connectivity index (χ0) is 21.5. The molecule has 4 rings (SSSR count). The van der Waals surface area contributed by atoms with Gasteiger partial charge in [0.2, 0.25) is 5.91 Å². The normalized spacial score (nSPS) is 21.7. The molecular formula is C26H41N3O2. The molecule has 1 aromatic rings. The maximum absolute atomic E-state index is 13.1. The Kier molecular flexibility index (Phi) is 8.40. The van der Waals surface area contributed by atoms with Gasteiger partial charge in [0.1, 0.15) is 0 Å². The van der Waals surface area contributed by atoms with E-state index in [2.05, 4.69) is 41.0 Å². The molecule has 31 heavy (non-hydrogen) atoms. The van der Waals surface area contributed by atoms with Gasteiger partial charge in [0.25, 0.3) is 0 Å². The third-order valence-electron chi connectivity index (χ3n) is 7.61. The summed E-state index contributed by atoms with van der Waals surface area (Å²) in [4.78, 5) is 23.6. The van der Waals surface area contributed by atoms with Crippen LogP contribution in [-0.2, 0) is 16.1 Å². The van der Waals surface area contributed by atoms with Crippen LogP contribution in [0.5, 0.6) is 0 Å². The maximum atomic E-state index is 13.1. The Morgan fingerprint density at radius 2 is 1.81 bits per heavy atom. The molecule has 1 aliphatic carbocycles. The number of hydrogen-bond donors (Lipinski definition) is 0. The monoisotopic (exact) mass is 427 g/mol. The topological polar surface area (TPSA) is 36.0 Å². The molecule has 1 saturated carbocycles. The lowest BCUT2D eigenvalue weighted by Gasteiger charge is -2.37. The lowest BCUT2D eigenvalue weighted by atomic mass is 9.94. The Morgan fingerprint density at radius 1 is 1.03 bits per heavy atom. The minimum absolute atomic E-state index is 0.351. The predicted octanol–water partition coefficient (Wildman–Crippen LogP) is 4.05. The van der Waals surface area contributed by atoms with Crippen molar-refractivity contribution in [2.24, 2.45) is 5.92 Å². The summed E-state index contributed by atoms with van der Waals surface area (Å²) in [5.74, 6) is 1.01. The minimum Gasteiger partial charge on any atom is -0.339 e. The Labute approximate surface area is 188 Å². The summed E-state index contributed by atoms with van der Waals surface area (Å²) in [5, 5.41) is 1.98. The van der Waals surface area contributed by atoms with Crippen molar-refractivity contribution < 1.29 is 9.63 Å². The Hall–Kier alpha value is -1.43. The van der Waals surface area contributed by atoms with Crippen LogP contribution in [0.1, 0.15) is 62.5 Å². The van der Waals surface area contributed by atoms with Crippen molar-refractivity contribution in [2.45, 2.75) is 70.8 Å². The molecule has 2 heterocycles. The van der Waals surface area contributed by atoms with E-state index in [-0.39, 0.29) is 0 Å². The van der Waals surface area contributed by atoms with Crippen molar-refractivity contribution in [1.29, 1.82) is 0 Å². The molecule has 0 bridgehead atoms. The number of carbonyl (C=O) groups is 1. The highest BCUT2D eigenvalue weighted by Gasteiger charge is 2.30. The number of rotatable bonds is 9. The van der Waals surface area contributed by atoms with Crippen molar-refractivity contribution in [2.75, 3.05) is 45.9 Å². The van der Waals surface area contributed by atoms with Crippen LogP contribution in [0, 0.1) is 12.8 Å². The SMILES string of the molecule is Cc1ccccc1CCN1CCC(CN(C(=O)CCN2CCCO2)C2CCCC2)CC1. The molecule has 0 aromatic heterocycles. The first kappa shape index (κ1) is 22.8. The second kappa shape index (κ2) is 11.4. The van der Waals surface area contributed by atoms with Crippen LogP contribution in [0.2, 0.25) is 0 Å². The standard InChI is InChI=1S/C26H41N3O2/c1-22-7-2-3-8-24(22)13-18-27-16-11-23(12-17-27)21-29(25-9-4-5-10-25)26(30)14-19-28-15-6-20-31-28/h2-3,7-8,23,25H,4-6,9-21H2,1H3. The molecule has 0 radical (unpaired) electrons. The van der Waals surface area contributed by atoms with Gasteiger partial charge >= 0.3 is 0 Å². The average molecular weight is 428 g/mol. The van der Waals surface area contributed by atoms with Gasteiger partial charge in [-0.25, -0.2) is 0 Å². The van der Waals surface area contributed by atoms with E-state index in [1.54, 1.807) is 0 Å². The number of amides is 1. The van der Waals surface area contributed by atoms with Gasteiger partial charge in [0.15, 0.2) is 0 Å². The number of hydroxylamine groups is 2. The summed E-state index contributed by atoms with van der Waals surface area (Å²) in [7, 11) is 0. The number of hydrogen-bond acceptors (Lipinski definition) is 4. The molecule has 3 fully saturated rings. The second-order valence-corrected chi connectivity index (χ2v) is 9.81. The van der Waals surface area contributed by atoms with Crippen molar-refractivity contribution in [1.82, 2.24) is 14.9 Å². The molecule has 1 aromatic carbocycles. The molecule has 3 aliphatic rings. The smallest absolute Gasteiger partial charge is 0.224 e. The molecule has 0 unspecified atom stereocenters. The van der Waals surface area contributed by atoms with E-state index >= 15 is 0 Å². The van der Waals surface area contributed by atoms with Gasteiger partial charge in [-0.15, -0.1) is 0 Å². The molecule has 5 heteroatoms. The van der Waals surface area contributed by atoms with Crippen LogP contribution >= 0.6 is 0 Å². The number of carbonyl (C=O) groups excluding carboxylic acids is 1. The average Bonchev–Trinajstić information content (AvgIpc) is 3.50. The fraction of sp³-hybridized carbons (Fsp3) is 0.731. The van der Waals surface area contributed by atoms with E-state index in [4.69, 9.17) is 4.84 Å². The Balaban J connectivity index is 1.23. The quantitative estimate of drug-likeness (QED) is 0.596. The summed E-state index contributed by atoms with van der Waals surface area (Å²) in [6.45, 7) is 9.20. The van der Waals surface area contributed by atoms with Gasteiger partial charge in [-0.3, -0.25) is 9.63 Å². The van der Waals surface area contributed by atoms with Gasteiger partial charge in [-0.05, 0) is 75.6 Å². The van der Waals surface area contributed by atoms with E-state index in [9.17, 15) is 4.79 Å². The largest absolute Gasteiger partial charge is 0.339 e. The van der Waals surface area contributed by atoms with Gasteiger partial charge in [-0.1, -0.05) is 37.1 Å². The first-order chi connectivity index (χ1) is 15.2. The first-order valence-electron chi connectivity index (χ1n) is 12.6. The number of likely N-dealkylation sites (tertiary alicyclic amines) is 1. The summed E-state index contributed by atoms with van der Waals surface area (Å²) in [6, 6.07) is 9.23. The highest BCUT2D eigenvalue weighted by molar-refractivity contribution is 5.76. The van der Waals surface area contributed by atoms with Crippen LogP contribution in [0.25, 0.3) is 0 Å². The van der Waals surface area contributed by atoms with Crippen LogP contribution in [0.15, 0.2) is 24.3 Å². The molecule has 0 spiro atoms. The highest BCUT2D eigenvalue weighted by atomic mass is 16.7. The van der Waals surface area contributed by atoms with E-state index < -0.39 is 0 Å². The van der Waals surface area contributed by atoms with Gasteiger partial charge in [0.05, 0.1) is 6.61 Å². The van der Waals surface area contributed by atoms with Crippen LogP contribution in [0.4, 0.5) is 0 Å². The van der Waals surface area contributed by atoms with E-state index in [0.29, 0.717) is 24.3 Å². The first-order valence-corrected chi connectivity index (χ1v) is 12.6. The number of nitrogens with zero attached hydrogens (tertiary/aromatic N) is 3. The zero-order valence-corrected chi connectivity index (χ0v) is 19.4. The molecule has 172 valence electrons. The number of benzene rings is 1. The molecular weight excluding hydrogens is 386 g/mol. The van der Waals surface area contributed by atoms with Gasteiger partial charge < -0.3 is 9.80 Å². The van der Waals surface area contributed by atoms with Crippen molar-refractivity contribution >= 4 is 5.91 Å². The fourth-order valence-corrected chi connectivity index (χ4v) is 5.55. The Morgan fingerprint density at radius 3 is 2.52 bits per heavy atom. The van der Waals surface area contributed by atoms with Crippen molar-refractivity contribution in [3.8, 4) is 0 Å². The third kappa shape index (κ3) is 6.53. The summed E-state index contributed by atoms with van der Waals surface area (Å²) in [5.41, 5.74) is 2.88. The number of aryl methyl sites for hydroxylation is 1. The zero-order valence-electron chi connectivity index (χ0n) is 19.4. The lowest BCUT2D eigenvalue weighted by molar-refractivity contribution is -0.141. The molecule has 5 nitrogen and oxygen atoms in total. The highest BCUT2D eigenvalue weighted by Crippen LogP contribution is 2.27. The van der Waals surface area contributed by atoms with E-state index in [1.807, 2.05) is 5.06 Å². The van der Waals surface area contributed by atoms with Crippen molar-refractivity contribution in [3.05, 3.63) is 35.4 Å².